The molecule has 1 fully saturated rings. The van der Waals surface area contributed by atoms with Crippen molar-refractivity contribution in [3.8, 4) is 0 Å². The number of ketones is 1. The number of guanidine groups is 1. The molecule has 0 bridgehead atoms. The summed E-state index contributed by atoms with van der Waals surface area (Å²) >= 11 is 1.20. The summed E-state index contributed by atoms with van der Waals surface area (Å²) in [5, 5.41) is 4.76. The van der Waals surface area contributed by atoms with Crippen LogP contribution in [-0.2, 0) is 19.4 Å². The Bertz CT molecular complexity index is 785. The van der Waals surface area contributed by atoms with Gasteiger partial charge in [-0.05, 0) is 26.3 Å². The van der Waals surface area contributed by atoms with E-state index in [1.807, 2.05) is 11.9 Å². The number of carbonyl (C=O) groups excluding carboxylic acids is 3. The zero-order valence-electron chi connectivity index (χ0n) is 18.4. The Labute approximate surface area is 190 Å². The van der Waals surface area contributed by atoms with Crippen molar-refractivity contribution in [2.24, 2.45) is 16.5 Å². The molecule has 2 heterocycles. The molecule has 32 heavy (non-hydrogen) atoms. The van der Waals surface area contributed by atoms with E-state index in [0.717, 1.165) is 0 Å². The van der Waals surface area contributed by atoms with Gasteiger partial charge in [0.25, 0.3) is 0 Å². The predicted octanol–water partition coefficient (Wildman–Crippen LogP) is -1.03. The van der Waals surface area contributed by atoms with E-state index in [9.17, 15) is 14.4 Å². The molecule has 1 saturated heterocycles. The average Bonchev–Trinajstić information content (AvgIpc) is 3.29. The Morgan fingerprint density at radius 2 is 2.19 bits per heavy atom. The van der Waals surface area contributed by atoms with Gasteiger partial charge in [-0.25, -0.2) is 14.8 Å². The number of Topliss-reactive ketones (excluding diaryl/α,β-unsaturated/α-hetero) is 1. The maximum absolute atomic E-state index is 12.8. The van der Waals surface area contributed by atoms with Crippen LogP contribution in [-0.4, -0.2) is 97.4 Å². The summed E-state index contributed by atoms with van der Waals surface area (Å²) in [7, 11) is 3.26. The largest absolute Gasteiger partial charge is 0.370 e. The molecule has 1 aromatic heterocycles. The Kier molecular flexibility index (Phi) is 10.5. The van der Waals surface area contributed by atoms with E-state index < -0.39 is 18.0 Å². The highest BCUT2D eigenvalue weighted by Gasteiger charge is 2.34. The maximum atomic E-state index is 12.8. The van der Waals surface area contributed by atoms with Gasteiger partial charge >= 0.3 is 0 Å². The molecule has 2 atom stereocenters. The highest BCUT2D eigenvalue weighted by molar-refractivity contribution is 7.11. The Hall–Kier alpha value is -2.61. The molecule has 1 aliphatic heterocycles. The molecule has 0 unspecified atom stereocenters. The zero-order chi connectivity index (χ0) is 23.5. The normalized spacial score (nSPS) is 17.8. The van der Waals surface area contributed by atoms with Gasteiger partial charge in [-0.3, -0.25) is 24.3 Å². The second-order valence-electron chi connectivity index (χ2n) is 7.30. The van der Waals surface area contributed by atoms with Crippen LogP contribution >= 0.6 is 11.3 Å². The Morgan fingerprint density at radius 3 is 2.84 bits per heavy atom. The number of hydrogen-bond donors (Lipinski definition) is 3. The monoisotopic (exact) mass is 469 g/mol. The third-order valence-electron chi connectivity index (χ3n) is 5.02. The molecule has 13 heteroatoms. The molecule has 0 aliphatic carbocycles. The lowest BCUT2D eigenvalue weighted by Crippen LogP contribution is -2.58. The van der Waals surface area contributed by atoms with E-state index in [4.69, 9.17) is 16.4 Å². The first-order valence-corrected chi connectivity index (χ1v) is 11.1. The molecule has 0 spiro atoms. The molecule has 178 valence electrons. The highest BCUT2D eigenvalue weighted by Crippen LogP contribution is 2.14. The van der Waals surface area contributed by atoms with Gasteiger partial charge in [0, 0.05) is 31.2 Å². The van der Waals surface area contributed by atoms with E-state index in [1.165, 1.54) is 29.5 Å². The molecular weight excluding hydrogens is 438 g/mol. The third-order valence-corrected chi connectivity index (χ3v) is 5.81. The molecule has 0 aromatic carbocycles. The van der Waals surface area contributed by atoms with Crippen molar-refractivity contribution in [1.82, 2.24) is 20.1 Å². The van der Waals surface area contributed by atoms with Crippen LogP contribution in [0.15, 0.2) is 16.6 Å². The summed E-state index contributed by atoms with van der Waals surface area (Å²) in [6.07, 6.45) is 2.81. The SMILES string of the molecule is COOCC[C@@H]1C(=O)N(CC(=O)N[C@@H](CCCN=C(N)N)C(=O)c2nccs2)CCN1C. The summed E-state index contributed by atoms with van der Waals surface area (Å²) in [5.74, 6) is -0.885. The van der Waals surface area contributed by atoms with Crippen LogP contribution in [0.4, 0.5) is 0 Å². The molecule has 5 N–H and O–H groups in total. The van der Waals surface area contributed by atoms with Crippen LogP contribution in [0.5, 0.6) is 0 Å². The van der Waals surface area contributed by atoms with Gasteiger partial charge in [0.15, 0.2) is 11.0 Å². The number of piperazine rings is 1. The second-order valence-corrected chi connectivity index (χ2v) is 8.20. The number of carbonyl (C=O) groups is 3. The first-order valence-electron chi connectivity index (χ1n) is 10.3. The minimum atomic E-state index is -0.781. The van der Waals surface area contributed by atoms with Gasteiger partial charge in [0.05, 0.1) is 32.3 Å². The fourth-order valence-electron chi connectivity index (χ4n) is 3.37. The third kappa shape index (κ3) is 7.82. The van der Waals surface area contributed by atoms with Gasteiger partial charge in [0.1, 0.15) is 0 Å². The number of thiazole rings is 1. The molecule has 2 rings (SSSR count). The van der Waals surface area contributed by atoms with Crippen molar-refractivity contribution < 1.29 is 24.2 Å². The van der Waals surface area contributed by atoms with Gasteiger partial charge in [-0.15, -0.1) is 11.3 Å². The molecular formula is C19H31N7O5S. The van der Waals surface area contributed by atoms with Crippen LogP contribution in [0.25, 0.3) is 0 Å². The maximum Gasteiger partial charge on any atom is 0.240 e. The highest BCUT2D eigenvalue weighted by atomic mass is 32.1. The number of likely N-dealkylation sites (N-methyl/N-ethyl adjacent to an activating group) is 1. The van der Waals surface area contributed by atoms with Crippen LogP contribution in [0, 0.1) is 0 Å². The van der Waals surface area contributed by atoms with E-state index in [1.54, 1.807) is 5.38 Å². The molecule has 1 aromatic rings. The van der Waals surface area contributed by atoms with Crippen molar-refractivity contribution in [3.63, 3.8) is 0 Å². The lowest BCUT2D eigenvalue weighted by atomic mass is 10.1. The number of aliphatic imine (C=N–C) groups is 1. The van der Waals surface area contributed by atoms with Gasteiger partial charge in [0.2, 0.25) is 17.6 Å². The van der Waals surface area contributed by atoms with E-state index in [0.29, 0.717) is 43.9 Å². The van der Waals surface area contributed by atoms with Crippen LogP contribution in [0.2, 0.25) is 0 Å². The number of aromatic nitrogens is 1. The summed E-state index contributed by atoms with van der Waals surface area (Å²) in [6.45, 7) is 1.50. The smallest absolute Gasteiger partial charge is 0.240 e. The van der Waals surface area contributed by atoms with Crippen LogP contribution < -0.4 is 16.8 Å². The summed E-state index contributed by atoms with van der Waals surface area (Å²) in [6, 6.07) is -1.18. The fraction of sp³-hybridized carbons (Fsp3) is 0.632. The topological polar surface area (TPSA) is 165 Å². The molecule has 1 aliphatic rings. The van der Waals surface area contributed by atoms with E-state index in [-0.39, 0.29) is 30.8 Å². The Balaban J connectivity index is 1.97. The average molecular weight is 470 g/mol. The number of nitrogens with two attached hydrogens (primary N) is 2. The number of amides is 2. The minimum absolute atomic E-state index is 0.0316. The number of hydrogen-bond acceptors (Lipinski definition) is 9. The minimum Gasteiger partial charge on any atom is -0.370 e. The first-order chi connectivity index (χ1) is 15.3. The number of rotatable bonds is 13. The van der Waals surface area contributed by atoms with Crippen LogP contribution in [0.3, 0.4) is 0 Å². The summed E-state index contributed by atoms with van der Waals surface area (Å²) in [5.41, 5.74) is 10.7. The van der Waals surface area contributed by atoms with Crippen molar-refractivity contribution >= 4 is 34.9 Å². The lowest BCUT2D eigenvalue weighted by Gasteiger charge is -2.38. The van der Waals surface area contributed by atoms with Crippen LogP contribution in [0.1, 0.15) is 29.1 Å². The molecule has 12 nitrogen and oxygen atoms in total. The molecule has 0 radical (unpaired) electrons. The fourth-order valence-corrected chi connectivity index (χ4v) is 4.00. The molecule has 0 saturated carbocycles. The quantitative estimate of drug-likeness (QED) is 0.0818. The standard InChI is InChI=1S/C19H31N7O5S/c1-25-8-9-26(18(29)14(25)5-10-31-30-2)12-15(27)24-13(4-3-6-23-19(20)21)16(28)17-22-7-11-32-17/h7,11,13-14H,3-6,8-10,12H2,1-2H3,(H,24,27)(H4,20,21,23)/t13-,14+/m0/s1. The van der Waals surface area contributed by atoms with Crippen molar-refractivity contribution in [2.75, 3.05) is 46.9 Å². The number of nitrogens with zero attached hydrogens (tertiary/aromatic N) is 4. The predicted molar refractivity (Wildman–Crippen MR) is 119 cm³/mol. The van der Waals surface area contributed by atoms with Gasteiger partial charge in [-0.1, -0.05) is 0 Å². The molecule has 2 amide bonds. The lowest BCUT2D eigenvalue weighted by molar-refractivity contribution is -0.274. The van der Waals surface area contributed by atoms with Gasteiger partial charge < -0.3 is 21.7 Å². The van der Waals surface area contributed by atoms with Crippen molar-refractivity contribution in [1.29, 1.82) is 0 Å². The summed E-state index contributed by atoms with van der Waals surface area (Å²) < 4.78 is 0. The zero-order valence-corrected chi connectivity index (χ0v) is 19.2. The second kappa shape index (κ2) is 13.1. The number of nitrogens with one attached hydrogen (secondary N) is 1. The van der Waals surface area contributed by atoms with E-state index in [2.05, 4.69) is 20.2 Å². The van der Waals surface area contributed by atoms with E-state index >= 15 is 0 Å². The first kappa shape index (κ1) is 25.6. The summed E-state index contributed by atoms with van der Waals surface area (Å²) in [4.78, 5) is 59.2. The van der Waals surface area contributed by atoms with Crippen molar-refractivity contribution in [3.05, 3.63) is 16.6 Å². The Morgan fingerprint density at radius 1 is 1.41 bits per heavy atom. The van der Waals surface area contributed by atoms with Crippen molar-refractivity contribution in [2.45, 2.75) is 31.3 Å². The van der Waals surface area contributed by atoms with Gasteiger partial charge in [-0.2, -0.15) is 0 Å².